The van der Waals surface area contributed by atoms with Crippen LogP contribution in [0.15, 0.2) is 30.6 Å². The summed E-state index contributed by atoms with van der Waals surface area (Å²) in [5.74, 6) is -0.863. The topological polar surface area (TPSA) is 87.4 Å². The Balaban J connectivity index is 1.89. The second kappa shape index (κ2) is 5.43. The van der Waals surface area contributed by atoms with Gasteiger partial charge < -0.3 is 15.5 Å². The van der Waals surface area contributed by atoms with Crippen LogP contribution >= 0.6 is 0 Å². The summed E-state index contributed by atoms with van der Waals surface area (Å²) >= 11 is 0. The second-order valence-corrected chi connectivity index (χ2v) is 4.24. The smallest absolute Gasteiger partial charge is 0.251 e. The van der Waals surface area contributed by atoms with Crippen molar-refractivity contribution in [3.8, 4) is 11.5 Å². The van der Waals surface area contributed by atoms with Crippen molar-refractivity contribution < 1.29 is 15.0 Å². The quantitative estimate of drug-likeness (QED) is 0.717. The van der Waals surface area contributed by atoms with Crippen LogP contribution in [0, 0.1) is 6.92 Å². The fourth-order valence-electron chi connectivity index (χ4n) is 1.64. The van der Waals surface area contributed by atoms with Crippen molar-refractivity contribution >= 4 is 5.91 Å². The zero-order chi connectivity index (χ0) is 13.8. The summed E-state index contributed by atoms with van der Waals surface area (Å²) in [6.45, 7) is 2.95. The van der Waals surface area contributed by atoms with E-state index in [0.717, 1.165) is 5.56 Å². The molecule has 19 heavy (non-hydrogen) atoms. The van der Waals surface area contributed by atoms with Crippen molar-refractivity contribution in [3.63, 3.8) is 0 Å². The maximum atomic E-state index is 11.8. The number of nitrogens with one attached hydrogen (secondary N) is 1. The Morgan fingerprint density at radius 1 is 1.37 bits per heavy atom. The van der Waals surface area contributed by atoms with E-state index in [1.165, 1.54) is 18.2 Å². The van der Waals surface area contributed by atoms with E-state index < -0.39 is 0 Å². The SMILES string of the molecule is Cc1cnn(CCNC(=O)c2ccc(O)c(O)c2)c1. The van der Waals surface area contributed by atoms with Gasteiger partial charge in [-0.15, -0.1) is 0 Å². The number of carbonyl (C=O) groups is 1. The molecule has 100 valence electrons. The lowest BCUT2D eigenvalue weighted by Crippen LogP contribution is -2.27. The third-order valence-electron chi connectivity index (χ3n) is 2.63. The van der Waals surface area contributed by atoms with E-state index in [2.05, 4.69) is 10.4 Å². The lowest BCUT2D eigenvalue weighted by molar-refractivity contribution is 0.0951. The minimum absolute atomic E-state index is 0.247. The Labute approximate surface area is 110 Å². The molecule has 0 radical (unpaired) electrons. The van der Waals surface area contributed by atoms with E-state index in [9.17, 15) is 9.90 Å². The van der Waals surface area contributed by atoms with Gasteiger partial charge in [-0.25, -0.2) is 0 Å². The highest BCUT2D eigenvalue weighted by Crippen LogP contribution is 2.24. The predicted octanol–water partition coefficient (Wildman–Crippen LogP) is 1.03. The molecule has 1 aromatic heterocycles. The van der Waals surface area contributed by atoms with Gasteiger partial charge in [0.15, 0.2) is 11.5 Å². The highest BCUT2D eigenvalue weighted by Gasteiger charge is 2.08. The monoisotopic (exact) mass is 261 g/mol. The molecule has 0 fully saturated rings. The maximum absolute atomic E-state index is 11.8. The van der Waals surface area contributed by atoms with Crippen LogP contribution in [0.4, 0.5) is 0 Å². The summed E-state index contributed by atoms with van der Waals surface area (Å²) in [5.41, 5.74) is 1.36. The molecule has 0 aliphatic carbocycles. The molecule has 0 unspecified atom stereocenters. The van der Waals surface area contributed by atoms with Gasteiger partial charge >= 0.3 is 0 Å². The van der Waals surface area contributed by atoms with Gasteiger partial charge in [0.05, 0.1) is 12.7 Å². The summed E-state index contributed by atoms with van der Waals surface area (Å²) in [6.07, 6.45) is 3.64. The molecule has 0 aliphatic heterocycles. The summed E-state index contributed by atoms with van der Waals surface area (Å²) in [5, 5.41) is 25.3. The number of phenolic OH excluding ortho intramolecular Hbond substituents is 2. The fourth-order valence-corrected chi connectivity index (χ4v) is 1.64. The summed E-state index contributed by atoms with van der Waals surface area (Å²) in [4.78, 5) is 11.8. The van der Waals surface area contributed by atoms with Gasteiger partial charge in [-0.1, -0.05) is 0 Å². The number of rotatable bonds is 4. The highest BCUT2D eigenvalue weighted by atomic mass is 16.3. The van der Waals surface area contributed by atoms with Crippen LogP contribution in [0.3, 0.4) is 0 Å². The van der Waals surface area contributed by atoms with Crippen molar-refractivity contribution in [1.82, 2.24) is 15.1 Å². The summed E-state index contributed by atoms with van der Waals surface area (Å²) in [7, 11) is 0. The maximum Gasteiger partial charge on any atom is 0.251 e. The van der Waals surface area contributed by atoms with Crippen LogP contribution in [-0.2, 0) is 6.54 Å². The average molecular weight is 261 g/mol. The molecule has 1 amide bonds. The third kappa shape index (κ3) is 3.25. The van der Waals surface area contributed by atoms with E-state index in [1.807, 2.05) is 13.1 Å². The number of aromatic hydroxyl groups is 2. The lowest BCUT2D eigenvalue weighted by Gasteiger charge is -2.06. The molecule has 1 heterocycles. The van der Waals surface area contributed by atoms with E-state index in [-0.39, 0.29) is 17.4 Å². The van der Waals surface area contributed by atoms with Crippen molar-refractivity contribution in [2.75, 3.05) is 6.54 Å². The molecule has 0 bridgehead atoms. The molecule has 3 N–H and O–H groups in total. The van der Waals surface area contributed by atoms with Crippen LogP contribution in [0.25, 0.3) is 0 Å². The number of hydrogen-bond acceptors (Lipinski definition) is 4. The molecular formula is C13H15N3O3. The van der Waals surface area contributed by atoms with Gasteiger partial charge in [-0.2, -0.15) is 5.10 Å². The van der Waals surface area contributed by atoms with Crippen molar-refractivity contribution in [2.24, 2.45) is 0 Å². The number of carbonyl (C=O) groups excluding carboxylic acids is 1. The van der Waals surface area contributed by atoms with Crippen molar-refractivity contribution in [2.45, 2.75) is 13.5 Å². The Morgan fingerprint density at radius 3 is 2.79 bits per heavy atom. The number of amides is 1. The van der Waals surface area contributed by atoms with Gasteiger partial charge in [0.25, 0.3) is 5.91 Å². The first kappa shape index (κ1) is 12.9. The largest absolute Gasteiger partial charge is 0.504 e. The number of aromatic nitrogens is 2. The Bertz CT molecular complexity index is 593. The average Bonchev–Trinajstić information content (AvgIpc) is 2.78. The van der Waals surface area contributed by atoms with E-state index in [1.54, 1.807) is 10.9 Å². The number of aryl methyl sites for hydroxylation is 1. The summed E-state index contributed by atoms with van der Waals surface area (Å²) < 4.78 is 1.74. The molecule has 2 rings (SSSR count). The van der Waals surface area contributed by atoms with Gasteiger partial charge in [-0.05, 0) is 30.7 Å². The van der Waals surface area contributed by atoms with Gasteiger partial charge in [0.2, 0.25) is 0 Å². The number of benzene rings is 1. The molecule has 6 heteroatoms. The van der Waals surface area contributed by atoms with E-state index in [4.69, 9.17) is 5.11 Å². The highest BCUT2D eigenvalue weighted by molar-refractivity contribution is 5.94. The lowest BCUT2D eigenvalue weighted by atomic mass is 10.2. The molecular weight excluding hydrogens is 246 g/mol. The molecule has 0 saturated carbocycles. The fraction of sp³-hybridized carbons (Fsp3) is 0.231. The van der Waals surface area contributed by atoms with Crippen molar-refractivity contribution in [3.05, 3.63) is 41.7 Å². The number of phenols is 2. The molecule has 1 aromatic carbocycles. The second-order valence-electron chi connectivity index (χ2n) is 4.24. The van der Waals surface area contributed by atoms with Crippen molar-refractivity contribution in [1.29, 1.82) is 0 Å². The van der Waals surface area contributed by atoms with Crippen LogP contribution in [-0.4, -0.2) is 32.4 Å². The molecule has 0 aliphatic rings. The Hall–Kier alpha value is -2.50. The van der Waals surface area contributed by atoms with Crippen LogP contribution in [0.1, 0.15) is 15.9 Å². The zero-order valence-electron chi connectivity index (χ0n) is 10.5. The standard InChI is InChI=1S/C13H15N3O3/c1-9-7-15-16(8-9)5-4-14-13(19)10-2-3-11(17)12(18)6-10/h2-3,6-8,17-18H,4-5H2,1H3,(H,14,19). The number of hydrogen-bond donors (Lipinski definition) is 3. The first-order chi connectivity index (χ1) is 9.06. The summed E-state index contributed by atoms with van der Waals surface area (Å²) in [6, 6.07) is 3.95. The zero-order valence-corrected chi connectivity index (χ0v) is 10.5. The van der Waals surface area contributed by atoms with Crippen LogP contribution in [0.5, 0.6) is 11.5 Å². The van der Waals surface area contributed by atoms with E-state index in [0.29, 0.717) is 18.7 Å². The van der Waals surface area contributed by atoms with Gasteiger partial charge in [-0.3, -0.25) is 9.48 Å². The molecule has 2 aromatic rings. The van der Waals surface area contributed by atoms with Crippen LogP contribution < -0.4 is 5.32 Å². The Kier molecular flexibility index (Phi) is 3.70. The first-order valence-electron chi connectivity index (χ1n) is 5.85. The molecule has 6 nitrogen and oxygen atoms in total. The van der Waals surface area contributed by atoms with Gasteiger partial charge in [0.1, 0.15) is 0 Å². The first-order valence-corrected chi connectivity index (χ1v) is 5.85. The molecule has 0 saturated heterocycles. The predicted molar refractivity (Wildman–Crippen MR) is 69.1 cm³/mol. The normalized spacial score (nSPS) is 10.4. The van der Waals surface area contributed by atoms with Gasteiger partial charge in [0, 0.05) is 18.3 Å². The Morgan fingerprint density at radius 2 is 2.16 bits per heavy atom. The van der Waals surface area contributed by atoms with E-state index >= 15 is 0 Å². The molecule has 0 atom stereocenters. The minimum atomic E-state index is -0.310. The minimum Gasteiger partial charge on any atom is -0.504 e. The third-order valence-corrected chi connectivity index (χ3v) is 2.63. The van der Waals surface area contributed by atoms with Crippen LogP contribution in [0.2, 0.25) is 0 Å². The number of nitrogens with zero attached hydrogens (tertiary/aromatic N) is 2. The molecule has 0 spiro atoms.